The molecule has 0 saturated heterocycles. The normalized spacial score (nSPS) is 16.6. The second-order valence-corrected chi connectivity index (χ2v) is 11.9. The van der Waals surface area contributed by atoms with Crippen molar-refractivity contribution in [2.24, 2.45) is 5.41 Å². The van der Waals surface area contributed by atoms with E-state index in [9.17, 15) is 10.5 Å². The highest BCUT2D eigenvalue weighted by molar-refractivity contribution is 6.31. The molecule has 1 aliphatic carbocycles. The number of hydrazine groups is 2. The molecule has 1 saturated carbocycles. The number of hydrogen-bond acceptors (Lipinski definition) is 8. The maximum Gasteiger partial charge on any atom is 0.103 e. The maximum atomic E-state index is 10.0. The lowest BCUT2D eigenvalue weighted by Gasteiger charge is -2.25. The number of benzene rings is 2. The van der Waals surface area contributed by atoms with Gasteiger partial charge in [0.25, 0.3) is 0 Å². The van der Waals surface area contributed by atoms with Gasteiger partial charge in [0.2, 0.25) is 0 Å². The smallest absolute Gasteiger partial charge is 0.103 e. The Morgan fingerprint density at radius 3 is 2.54 bits per heavy atom. The predicted molar refractivity (Wildman–Crippen MR) is 155 cm³/mol. The number of nitriles is 2. The van der Waals surface area contributed by atoms with Gasteiger partial charge in [-0.05, 0) is 48.4 Å². The molecule has 8 nitrogen and oxygen atoms in total. The molecule has 0 radical (unpaired) electrons. The van der Waals surface area contributed by atoms with Crippen molar-refractivity contribution >= 4 is 33.9 Å². The number of pyridine rings is 1. The van der Waals surface area contributed by atoms with Crippen molar-refractivity contribution in [3.8, 4) is 12.1 Å². The molecular formula is C30H33ClN8. The molecule has 2 heterocycles. The van der Waals surface area contributed by atoms with E-state index in [0.717, 1.165) is 36.2 Å². The van der Waals surface area contributed by atoms with Crippen molar-refractivity contribution < 1.29 is 0 Å². The zero-order valence-electron chi connectivity index (χ0n) is 22.7. The second kappa shape index (κ2) is 10.3. The summed E-state index contributed by atoms with van der Waals surface area (Å²) in [5, 5.41) is 30.5. The van der Waals surface area contributed by atoms with Crippen molar-refractivity contribution in [3.05, 3.63) is 76.2 Å². The number of nitrogens with zero attached hydrogens (tertiary/aromatic N) is 4. The number of rotatable bonds is 8. The number of halogens is 1. The van der Waals surface area contributed by atoms with E-state index in [1.807, 2.05) is 30.3 Å². The molecule has 2 aliphatic rings. The Morgan fingerprint density at radius 1 is 1.15 bits per heavy atom. The van der Waals surface area contributed by atoms with Gasteiger partial charge in [-0.15, -0.1) is 5.53 Å². The fourth-order valence-electron chi connectivity index (χ4n) is 4.94. The molecule has 0 spiro atoms. The lowest BCUT2D eigenvalue weighted by molar-refractivity contribution is 0.171. The average Bonchev–Trinajstić information content (AvgIpc) is 3.57. The lowest BCUT2D eigenvalue weighted by atomic mass is 9.96. The summed E-state index contributed by atoms with van der Waals surface area (Å²) in [5.41, 5.74) is 11.4. The zero-order chi connectivity index (χ0) is 27.8. The van der Waals surface area contributed by atoms with E-state index in [-0.39, 0.29) is 17.0 Å². The van der Waals surface area contributed by atoms with E-state index in [1.165, 1.54) is 6.20 Å². The van der Waals surface area contributed by atoms with Crippen molar-refractivity contribution in [1.82, 2.24) is 21.0 Å². The summed E-state index contributed by atoms with van der Waals surface area (Å²) in [6.07, 6.45) is 6.96. The van der Waals surface area contributed by atoms with Gasteiger partial charge in [-0.1, -0.05) is 57.5 Å². The minimum absolute atomic E-state index is 0.0116. The molecule has 1 fully saturated rings. The van der Waals surface area contributed by atoms with Gasteiger partial charge in [-0.3, -0.25) is 9.99 Å². The monoisotopic (exact) mass is 540 g/mol. The quantitative estimate of drug-likeness (QED) is 0.261. The third-order valence-electron chi connectivity index (χ3n) is 7.43. The molecule has 1 aliphatic heterocycles. The van der Waals surface area contributed by atoms with Crippen LogP contribution in [-0.4, -0.2) is 22.1 Å². The van der Waals surface area contributed by atoms with Crippen LogP contribution in [0.5, 0.6) is 0 Å². The maximum absolute atomic E-state index is 10.0. The summed E-state index contributed by atoms with van der Waals surface area (Å²) in [7, 11) is 0. The van der Waals surface area contributed by atoms with Gasteiger partial charge in [0.15, 0.2) is 0 Å². The Hall–Kier alpha value is -3.98. The Balaban J connectivity index is 1.60. The summed E-state index contributed by atoms with van der Waals surface area (Å²) in [4.78, 5) is 4.48. The number of hydrogen-bond donors (Lipinski definition) is 4. The summed E-state index contributed by atoms with van der Waals surface area (Å²) < 4.78 is 0. The highest BCUT2D eigenvalue weighted by Gasteiger charge is 2.47. The van der Waals surface area contributed by atoms with Gasteiger partial charge >= 0.3 is 0 Å². The molecule has 200 valence electrons. The topological polar surface area (TPSA) is 112 Å². The molecule has 4 N–H and O–H groups in total. The van der Waals surface area contributed by atoms with E-state index < -0.39 is 0 Å². The van der Waals surface area contributed by atoms with Crippen LogP contribution in [-0.2, 0) is 0 Å². The molecule has 2 aromatic carbocycles. The van der Waals surface area contributed by atoms with Crippen LogP contribution < -0.4 is 21.6 Å². The lowest BCUT2D eigenvalue weighted by Crippen LogP contribution is -2.44. The zero-order valence-corrected chi connectivity index (χ0v) is 23.4. The molecule has 5 rings (SSSR count). The minimum Gasteiger partial charge on any atom is -0.383 e. The highest BCUT2D eigenvalue weighted by Crippen LogP contribution is 2.45. The molecule has 1 atom stereocenters. The van der Waals surface area contributed by atoms with Gasteiger partial charge in [-0.2, -0.15) is 10.5 Å². The van der Waals surface area contributed by atoms with Crippen molar-refractivity contribution in [1.29, 1.82) is 10.5 Å². The molecule has 0 bridgehead atoms. The summed E-state index contributed by atoms with van der Waals surface area (Å²) >= 11 is 6.69. The van der Waals surface area contributed by atoms with Crippen LogP contribution in [0.15, 0.2) is 54.5 Å². The fraction of sp³-hybridized carbons (Fsp3) is 0.367. The van der Waals surface area contributed by atoms with Gasteiger partial charge in [-0.25, -0.2) is 0 Å². The van der Waals surface area contributed by atoms with E-state index in [1.54, 1.807) is 6.07 Å². The Labute approximate surface area is 234 Å². The van der Waals surface area contributed by atoms with Crippen LogP contribution in [0.4, 0.5) is 11.4 Å². The molecular weight excluding hydrogens is 508 g/mol. The van der Waals surface area contributed by atoms with Crippen LogP contribution in [0.3, 0.4) is 0 Å². The average molecular weight is 541 g/mol. The van der Waals surface area contributed by atoms with Gasteiger partial charge < -0.3 is 16.1 Å². The summed E-state index contributed by atoms with van der Waals surface area (Å²) in [5.74, 6) is 0. The summed E-state index contributed by atoms with van der Waals surface area (Å²) in [6, 6.07) is 15.7. The second-order valence-electron chi connectivity index (χ2n) is 11.5. The third kappa shape index (κ3) is 5.31. The number of nitrogens with one attached hydrogen (secondary N) is 4. The first-order valence-electron chi connectivity index (χ1n) is 13.2. The SMILES string of the molecule is CCC1(N2C=C([C@@H](Nc3cc(C#N)c4ncc(C#N)c(NCC(C)(C)C)c4c3)c3ccccc3Cl)NN2)CC1. The Morgan fingerprint density at radius 2 is 1.90 bits per heavy atom. The van der Waals surface area contributed by atoms with E-state index in [0.29, 0.717) is 39.3 Å². The van der Waals surface area contributed by atoms with Crippen LogP contribution in [0, 0.1) is 28.1 Å². The predicted octanol–water partition coefficient (Wildman–Crippen LogP) is 6.35. The molecule has 0 unspecified atom stereocenters. The first kappa shape index (κ1) is 26.6. The number of fused-ring (bicyclic) bond motifs is 1. The van der Waals surface area contributed by atoms with Crippen LogP contribution in [0.25, 0.3) is 10.9 Å². The largest absolute Gasteiger partial charge is 0.383 e. The van der Waals surface area contributed by atoms with Crippen molar-refractivity contribution in [3.63, 3.8) is 0 Å². The minimum atomic E-state index is -0.328. The Bertz CT molecular complexity index is 1520. The van der Waals surface area contributed by atoms with E-state index >= 15 is 0 Å². The number of anilines is 2. The fourth-order valence-corrected chi connectivity index (χ4v) is 5.18. The van der Waals surface area contributed by atoms with Crippen molar-refractivity contribution in [2.75, 3.05) is 17.2 Å². The number of aromatic nitrogens is 1. The summed E-state index contributed by atoms with van der Waals surface area (Å²) in [6.45, 7) is 9.24. The third-order valence-corrected chi connectivity index (χ3v) is 7.78. The molecule has 39 heavy (non-hydrogen) atoms. The molecule has 3 aromatic rings. The highest BCUT2D eigenvalue weighted by atomic mass is 35.5. The van der Waals surface area contributed by atoms with Crippen LogP contribution >= 0.6 is 11.6 Å². The van der Waals surface area contributed by atoms with Gasteiger partial charge in [0.1, 0.15) is 12.1 Å². The first-order chi connectivity index (χ1) is 18.7. The molecule has 9 heteroatoms. The molecule has 1 aromatic heterocycles. The van der Waals surface area contributed by atoms with Crippen LogP contribution in [0.1, 0.15) is 69.7 Å². The van der Waals surface area contributed by atoms with E-state index in [2.05, 4.69) is 77.6 Å². The first-order valence-corrected chi connectivity index (χ1v) is 13.6. The standard InChI is InChI=1S/C30H33ClN8/c1-5-30(10-11-30)39-17-25(37-38-39)28(22-8-6-7-9-24(22)31)36-21-12-19(14-32)26-23(13-21)27(20(15-33)16-34-26)35-18-29(2,3)4/h6-9,12-13,16-17,28,36-38H,5,10-11,18H2,1-4H3,(H,34,35)/t28-/m0/s1. The van der Waals surface area contributed by atoms with Crippen LogP contribution in [0.2, 0.25) is 5.02 Å². The van der Waals surface area contributed by atoms with Crippen molar-refractivity contribution in [2.45, 2.75) is 58.5 Å². The Kier molecular flexibility index (Phi) is 7.03. The van der Waals surface area contributed by atoms with Gasteiger partial charge in [0, 0.05) is 35.0 Å². The van der Waals surface area contributed by atoms with E-state index in [4.69, 9.17) is 11.6 Å². The molecule has 0 amide bonds. The van der Waals surface area contributed by atoms with Gasteiger partial charge in [0.05, 0.1) is 39.6 Å².